The minimum atomic E-state index is 0.355. The second-order valence-corrected chi connectivity index (χ2v) is 4.67. The molecule has 17 heavy (non-hydrogen) atoms. The van der Waals surface area contributed by atoms with E-state index in [1.54, 1.807) is 0 Å². The van der Waals surface area contributed by atoms with E-state index in [-0.39, 0.29) is 0 Å². The monoisotopic (exact) mass is 269 g/mol. The molecule has 0 aliphatic heterocycles. The van der Waals surface area contributed by atoms with Crippen molar-refractivity contribution in [2.75, 3.05) is 7.05 Å². The number of nitrogens with one attached hydrogen (secondary N) is 1. The van der Waals surface area contributed by atoms with Crippen LogP contribution >= 0.6 is 23.2 Å². The molecule has 0 aromatic heterocycles. The van der Waals surface area contributed by atoms with Gasteiger partial charge in [0.1, 0.15) is 0 Å². The third kappa shape index (κ3) is 4.60. The number of rotatable bonds is 5. The summed E-state index contributed by atoms with van der Waals surface area (Å²) < 4.78 is 0. The first kappa shape index (κ1) is 14.4. The van der Waals surface area contributed by atoms with Crippen molar-refractivity contribution in [1.29, 1.82) is 0 Å². The molecular weight excluding hydrogens is 253 g/mol. The molecule has 1 rings (SSSR count). The Kier molecular flexibility index (Phi) is 6.44. The van der Waals surface area contributed by atoms with Crippen LogP contribution in [0.3, 0.4) is 0 Å². The van der Waals surface area contributed by atoms with Crippen LogP contribution in [0.15, 0.2) is 18.2 Å². The Hall–Kier alpha value is -0.680. The molecule has 0 saturated heterocycles. The van der Waals surface area contributed by atoms with Gasteiger partial charge in [-0.15, -0.1) is 11.8 Å². The molecule has 0 bridgehead atoms. The standard InChI is InChI=1S/C14H17Cl2N/c1-3-4-5-7-11(17-2)10-12-13(15)8-6-9-14(12)16/h6,8-9,11,17H,5,7,10H2,1-2H3. The van der Waals surface area contributed by atoms with Crippen molar-refractivity contribution >= 4 is 23.2 Å². The predicted molar refractivity (Wildman–Crippen MR) is 75.7 cm³/mol. The number of halogens is 2. The average Bonchev–Trinajstić information content (AvgIpc) is 2.32. The van der Waals surface area contributed by atoms with Crippen molar-refractivity contribution in [2.45, 2.75) is 32.2 Å². The van der Waals surface area contributed by atoms with E-state index in [1.807, 2.05) is 32.2 Å². The molecule has 3 heteroatoms. The molecule has 1 nitrogen and oxygen atoms in total. The van der Waals surface area contributed by atoms with Gasteiger partial charge in [0.2, 0.25) is 0 Å². The Morgan fingerprint density at radius 2 is 1.94 bits per heavy atom. The van der Waals surface area contributed by atoms with Gasteiger partial charge in [-0.1, -0.05) is 29.3 Å². The lowest BCUT2D eigenvalue weighted by Gasteiger charge is -2.16. The lowest BCUT2D eigenvalue weighted by Crippen LogP contribution is -2.27. The lowest BCUT2D eigenvalue weighted by atomic mass is 10.0. The smallest absolute Gasteiger partial charge is 0.0453 e. The predicted octanol–water partition coefficient (Wildman–Crippen LogP) is 3.93. The van der Waals surface area contributed by atoms with Gasteiger partial charge in [0.05, 0.1) is 0 Å². The summed E-state index contributed by atoms with van der Waals surface area (Å²) in [4.78, 5) is 0. The molecule has 0 spiro atoms. The molecule has 1 N–H and O–H groups in total. The summed E-state index contributed by atoms with van der Waals surface area (Å²) in [6.45, 7) is 1.86. The minimum Gasteiger partial charge on any atom is -0.317 e. The molecule has 0 aliphatic rings. The van der Waals surface area contributed by atoms with E-state index < -0.39 is 0 Å². The molecule has 1 aromatic rings. The van der Waals surface area contributed by atoms with E-state index in [2.05, 4.69) is 17.2 Å². The van der Waals surface area contributed by atoms with Crippen LogP contribution in [-0.2, 0) is 6.42 Å². The van der Waals surface area contributed by atoms with Crippen molar-refractivity contribution in [3.63, 3.8) is 0 Å². The van der Waals surface area contributed by atoms with Gasteiger partial charge in [-0.25, -0.2) is 0 Å². The molecule has 0 radical (unpaired) electrons. The second kappa shape index (κ2) is 7.61. The Balaban J connectivity index is 2.69. The van der Waals surface area contributed by atoms with Gasteiger partial charge >= 0.3 is 0 Å². The summed E-state index contributed by atoms with van der Waals surface area (Å²) in [5.41, 5.74) is 1.01. The first-order chi connectivity index (χ1) is 8.19. The van der Waals surface area contributed by atoms with E-state index in [4.69, 9.17) is 23.2 Å². The van der Waals surface area contributed by atoms with Gasteiger partial charge in [-0.2, -0.15) is 0 Å². The maximum Gasteiger partial charge on any atom is 0.0453 e. The highest BCUT2D eigenvalue weighted by Crippen LogP contribution is 2.26. The van der Waals surface area contributed by atoms with Gasteiger partial charge in [0.15, 0.2) is 0 Å². The van der Waals surface area contributed by atoms with E-state index in [0.717, 1.165) is 34.9 Å². The Morgan fingerprint density at radius 3 is 2.47 bits per heavy atom. The van der Waals surface area contributed by atoms with Crippen molar-refractivity contribution in [1.82, 2.24) is 5.32 Å². The first-order valence-electron chi connectivity index (χ1n) is 5.68. The molecule has 0 heterocycles. The van der Waals surface area contributed by atoms with Crippen LogP contribution in [0.25, 0.3) is 0 Å². The average molecular weight is 270 g/mol. The molecule has 0 fully saturated rings. The third-order valence-electron chi connectivity index (χ3n) is 2.72. The van der Waals surface area contributed by atoms with Crippen LogP contribution in [-0.4, -0.2) is 13.1 Å². The Labute approximate surface area is 114 Å². The molecular formula is C14H17Cl2N. The van der Waals surface area contributed by atoms with E-state index >= 15 is 0 Å². The van der Waals surface area contributed by atoms with Crippen LogP contribution < -0.4 is 5.32 Å². The van der Waals surface area contributed by atoms with Crippen LogP contribution in [0.2, 0.25) is 10.0 Å². The normalized spacial score (nSPS) is 11.8. The number of hydrogen-bond donors (Lipinski definition) is 1. The highest BCUT2D eigenvalue weighted by Gasteiger charge is 2.11. The fourth-order valence-corrected chi connectivity index (χ4v) is 2.25. The van der Waals surface area contributed by atoms with Gasteiger partial charge in [-0.05, 0) is 44.5 Å². The summed E-state index contributed by atoms with van der Waals surface area (Å²) in [5.74, 6) is 5.98. The zero-order valence-electron chi connectivity index (χ0n) is 10.2. The maximum absolute atomic E-state index is 6.15. The number of hydrogen-bond acceptors (Lipinski definition) is 1. The molecule has 0 saturated carbocycles. The lowest BCUT2D eigenvalue weighted by molar-refractivity contribution is 0.528. The highest BCUT2D eigenvalue weighted by atomic mass is 35.5. The van der Waals surface area contributed by atoms with E-state index in [9.17, 15) is 0 Å². The number of benzene rings is 1. The van der Waals surface area contributed by atoms with Crippen molar-refractivity contribution in [3.8, 4) is 11.8 Å². The molecule has 1 atom stereocenters. The van der Waals surface area contributed by atoms with Crippen LogP contribution in [0.5, 0.6) is 0 Å². The molecule has 1 aromatic carbocycles. The zero-order valence-corrected chi connectivity index (χ0v) is 11.7. The summed E-state index contributed by atoms with van der Waals surface area (Å²) in [6.07, 6.45) is 2.73. The van der Waals surface area contributed by atoms with Crippen molar-refractivity contribution in [3.05, 3.63) is 33.8 Å². The molecule has 1 unspecified atom stereocenters. The first-order valence-corrected chi connectivity index (χ1v) is 6.44. The Bertz CT molecular complexity index is 398. The molecule has 0 amide bonds. The van der Waals surface area contributed by atoms with E-state index in [1.165, 1.54) is 0 Å². The van der Waals surface area contributed by atoms with Gasteiger partial charge in [-0.3, -0.25) is 0 Å². The Morgan fingerprint density at radius 1 is 1.29 bits per heavy atom. The summed E-state index contributed by atoms with van der Waals surface area (Å²) in [7, 11) is 1.95. The summed E-state index contributed by atoms with van der Waals surface area (Å²) in [5, 5.41) is 4.75. The molecule has 0 aliphatic carbocycles. The SMILES string of the molecule is CC#CCCC(Cc1c(Cl)cccc1Cl)NC. The van der Waals surface area contributed by atoms with Crippen LogP contribution in [0, 0.1) is 11.8 Å². The van der Waals surface area contributed by atoms with Gasteiger partial charge in [0.25, 0.3) is 0 Å². The van der Waals surface area contributed by atoms with Gasteiger partial charge in [0, 0.05) is 22.5 Å². The molecule has 92 valence electrons. The van der Waals surface area contributed by atoms with Gasteiger partial charge < -0.3 is 5.32 Å². The zero-order chi connectivity index (χ0) is 12.7. The topological polar surface area (TPSA) is 12.0 Å². The minimum absolute atomic E-state index is 0.355. The van der Waals surface area contributed by atoms with E-state index in [0.29, 0.717) is 6.04 Å². The third-order valence-corrected chi connectivity index (χ3v) is 3.42. The fraction of sp³-hybridized carbons (Fsp3) is 0.429. The quantitative estimate of drug-likeness (QED) is 0.799. The largest absolute Gasteiger partial charge is 0.317 e. The second-order valence-electron chi connectivity index (χ2n) is 3.86. The van der Waals surface area contributed by atoms with Crippen molar-refractivity contribution < 1.29 is 0 Å². The summed E-state index contributed by atoms with van der Waals surface area (Å²) >= 11 is 12.3. The van der Waals surface area contributed by atoms with Crippen LogP contribution in [0.1, 0.15) is 25.3 Å². The van der Waals surface area contributed by atoms with Crippen LogP contribution in [0.4, 0.5) is 0 Å². The highest BCUT2D eigenvalue weighted by molar-refractivity contribution is 6.35. The number of likely N-dealkylation sites (N-methyl/N-ethyl adjacent to an activating group) is 1. The maximum atomic E-state index is 6.15. The van der Waals surface area contributed by atoms with Crippen molar-refractivity contribution in [2.24, 2.45) is 0 Å². The fourth-order valence-electron chi connectivity index (χ4n) is 1.69. The summed E-state index contributed by atoms with van der Waals surface area (Å²) in [6, 6.07) is 5.97.